The molecule has 3 rings (SSSR count). The highest BCUT2D eigenvalue weighted by Crippen LogP contribution is 2.14. The van der Waals surface area contributed by atoms with E-state index in [-0.39, 0.29) is 18.0 Å². The van der Waals surface area contributed by atoms with Gasteiger partial charge in [-0.15, -0.1) is 0 Å². The monoisotopic (exact) mass is 316 g/mol. The highest BCUT2D eigenvalue weighted by molar-refractivity contribution is 5.89. The summed E-state index contributed by atoms with van der Waals surface area (Å²) in [5, 5.41) is 9.07. The lowest BCUT2D eigenvalue weighted by Crippen LogP contribution is -2.40. The number of anilines is 1. The molecule has 2 aliphatic rings. The number of carbonyl (C=O) groups is 2. The Bertz CT molecular complexity index is 563. The molecule has 0 bridgehead atoms. The van der Waals surface area contributed by atoms with E-state index in [1.807, 2.05) is 29.2 Å². The van der Waals surface area contributed by atoms with Crippen LogP contribution >= 0.6 is 0 Å². The molecule has 0 saturated carbocycles. The second-order valence-corrected chi connectivity index (χ2v) is 6.19. The molecular weight excluding hydrogens is 292 g/mol. The molecule has 23 heavy (non-hydrogen) atoms. The van der Waals surface area contributed by atoms with Gasteiger partial charge in [0.25, 0.3) is 0 Å². The fraction of sp³-hybridized carbons (Fsp3) is 0.529. The minimum absolute atomic E-state index is 0.0427. The summed E-state index contributed by atoms with van der Waals surface area (Å²) in [6.45, 7) is 3.05. The average molecular weight is 316 g/mol. The van der Waals surface area contributed by atoms with Gasteiger partial charge in [0.05, 0.1) is 6.04 Å². The molecule has 0 aromatic heterocycles. The Morgan fingerprint density at radius 1 is 1.22 bits per heavy atom. The Balaban J connectivity index is 1.52. The Morgan fingerprint density at radius 3 is 2.78 bits per heavy atom. The summed E-state index contributed by atoms with van der Waals surface area (Å²) < 4.78 is 0. The van der Waals surface area contributed by atoms with Gasteiger partial charge >= 0.3 is 6.03 Å². The van der Waals surface area contributed by atoms with Crippen molar-refractivity contribution in [3.63, 3.8) is 0 Å². The van der Waals surface area contributed by atoms with E-state index >= 15 is 0 Å². The maximum absolute atomic E-state index is 12.1. The van der Waals surface area contributed by atoms with Crippen molar-refractivity contribution >= 4 is 17.6 Å². The number of urea groups is 1. The van der Waals surface area contributed by atoms with Crippen LogP contribution in [0.25, 0.3) is 0 Å². The minimum atomic E-state index is -0.0620. The van der Waals surface area contributed by atoms with E-state index in [9.17, 15) is 9.59 Å². The number of carbonyl (C=O) groups excluding carboxylic acids is 2. The van der Waals surface area contributed by atoms with Gasteiger partial charge in [-0.1, -0.05) is 12.1 Å². The molecule has 1 atom stereocenters. The summed E-state index contributed by atoms with van der Waals surface area (Å²) >= 11 is 0. The number of amides is 3. The van der Waals surface area contributed by atoms with Gasteiger partial charge in [-0.3, -0.25) is 4.79 Å². The summed E-state index contributed by atoms with van der Waals surface area (Å²) in [4.78, 5) is 25.9. The average Bonchev–Trinajstić information content (AvgIpc) is 3.25. The van der Waals surface area contributed by atoms with E-state index < -0.39 is 0 Å². The van der Waals surface area contributed by atoms with E-state index in [4.69, 9.17) is 0 Å². The summed E-state index contributed by atoms with van der Waals surface area (Å²) in [5.74, 6) is 0.0500. The van der Waals surface area contributed by atoms with Crippen molar-refractivity contribution in [1.82, 2.24) is 15.5 Å². The van der Waals surface area contributed by atoms with Crippen LogP contribution in [0.4, 0.5) is 10.5 Å². The number of nitrogens with one attached hydrogen (secondary N) is 3. The van der Waals surface area contributed by atoms with Crippen molar-refractivity contribution in [2.75, 3.05) is 25.0 Å². The van der Waals surface area contributed by atoms with Gasteiger partial charge < -0.3 is 20.9 Å². The van der Waals surface area contributed by atoms with Crippen LogP contribution < -0.4 is 16.0 Å². The van der Waals surface area contributed by atoms with Gasteiger partial charge in [0, 0.05) is 25.3 Å². The third kappa shape index (κ3) is 4.22. The van der Waals surface area contributed by atoms with Gasteiger partial charge in [0.1, 0.15) is 0 Å². The minimum Gasteiger partial charge on any atom is -0.351 e. The second kappa shape index (κ2) is 7.46. The lowest BCUT2D eigenvalue weighted by atomic mass is 10.2. The van der Waals surface area contributed by atoms with Crippen LogP contribution in [0, 0.1) is 0 Å². The van der Waals surface area contributed by atoms with Crippen LogP contribution in [0.1, 0.15) is 31.2 Å². The topological polar surface area (TPSA) is 73.5 Å². The molecule has 0 radical (unpaired) electrons. The molecule has 1 aromatic rings. The van der Waals surface area contributed by atoms with E-state index in [1.165, 1.54) is 0 Å². The molecule has 3 N–H and O–H groups in total. The normalized spacial score (nSPS) is 20.5. The first kappa shape index (κ1) is 15.8. The third-order valence-electron chi connectivity index (χ3n) is 4.42. The highest BCUT2D eigenvalue weighted by Gasteiger charge is 2.21. The summed E-state index contributed by atoms with van der Waals surface area (Å²) in [7, 11) is 0. The van der Waals surface area contributed by atoms with Crippen molar-refractivity contribution < 1.29 is 9.59 Å². The van der Waals surface area contributed by atoms with Crippen molar-refractivity contribution in [2.45, 2.75) is 38.3 Å². The largest absolute Gasteiger partial charge is 0.351 e. The molecule has 0 spiro atoms. The summed E-state index contributed by atoms with van der Waals surface area (Å²) in [5.41, 5.74) is 1.75. The first-order chi connectivity index (χ1) is 11.2. The number of benzene rings is 1. The molecule has 2 saturated heterocycles. The van der Waals surface area contributed by atoms with Crippen LogP contribution in [-0.4, -0.2) is 42.5 Å². The van der Waals surface area contributed by atoms with E-state index in [1.54, 1.807) is 0 Å². The molecule has 124 valence electrons. The first-order valence-corrected chi connectivity index (χ1v) is 8.38. The first-order valence-electron chi connectivity index (χ1n) is 8.38. The quantitative estimate of drug-likeness (QED) is 0.791. The predicted molar refractivity (Wildman–Crippen MR) is 89.1 cm³/mol. The van der Waals surface area contributed by atoms with Gasteiger partial charge in [0.15, 0.2) is 0 Å². The molecule has 6 nitrogen and oxygen atoms in total. The molecule has 2 heterocycles. The molecule has 0 aliphatic carbocycles. The number of hydrogen-bond donors (Lipinski definition) is 3. The zero-order valence-corrected chi connectivity index (χ0v) is 13.3. The maximum atomic E-state index is 12.1. The van der Waals surface area contributed by atoms with E-state index in [2.05, 4.69) is 16.0 Å². The number of nitrogens with zero attached hydrogens (tertiary/aromatic N) is 1. The SMILES string of the molecule is O=C(NCc1cccc(NC(=O)N2CCCC2)c1)C1CCCN1. The Kier molecular flexibility index (Phi) is 5.12. The molecule has 3 amide bonds. The van der Waals surface area contributed by atoms with Crippen LogP contribution in [0.2, 0.25) is 0 Å². The Morgan fingerprint density at radius 2 is 2.04 bits per heavy atom. The Hall–Kier alpha value is -2.08. The predicted octanol–water partition coefficient (Wildman–Crippen LogP) is 1.68. The van der Waals surface area contributed by atoms with Gasteiger partial charge in [-0.05, 0) is 49.9 Å². The van der Waals surface area contributed by atoms with Crippen molar-refractivity contribution in [3.8, 4) is 0 Å². The standard InChI is InChI=1S/C17H24N4O2/c22-16(15-7-4-8-18-15)19-12-13-5-3-6-14(11-13)20-17(23)21-9-1-2-10-21/h3,5-6,11,15,18H,1-2,4,7-10,12H2,(H,19,22)(H,20,23). The van der Waals surface area contributed by atoms with Crippen LogP contribution in [-0.2, 0) is 11.3 Å². The van der Waals surface area contributed by atoms with E-state index in [0.717, 1.165) is 56.6 Å². The van der Waals surface area contributed by atoms with Crippen molar-refractivity contribution in [1.29, 1.82) is 0 Å². The van der Waals surface area contributed by atoms with Crippen LogP contribution in [0.3, 0.4) is 0 Å². The van der Waals surface area contributed by atoms with Gasteiger partial charge in [0.2, 0.25) is 5.91 Å². The zero-order valence-electron chi connectivity index (χ0n) is 13.3. The van der Waals surface area contributed by atoms with Crippen LogP contribution in [0.15, 0.2) is 24.3 Å². The fourth-order valence-electron chi connectivity index (χ4n) is 3.10. The van der Waals surface area contributed by atoms with Crippen LogP contribution in [0.5, 0.6) is 0 Å². The molecule has 6 heteroatoms. The van der Waals surface area contributed by atoms with E-state index in [0.29, 0.717) is 6.54 Å². The number of hydrogen-bond acceptors (Lipinski definition) is 3. The molecule has 2 aliphatic heterocycles. The summed E-state index contributed by atoms with van der Waals surface area (Å²) in [6, 6.07) is 7.53. The highest BCUT2D eigenvalue weighted by atomic mass is 16.2. The molecular formula is C17H24N4O2. The maximum Gasteiger partial charge on any atom is 0.321 e. The smallest absolute Gasteiger partial charge is 0.321 e. The third-order valence-corrected chi connectivity index (χ3v) is 4.42. The fourth-order valence-corrected chi connectivity index (χ4v) is 3.10. The second-order valence-electron chi connectivity index (χ2n) is 6.19. The van der Waals surface area contributed by atoms with Crippen molar-refractivity contribution in [2.24, 2.45) is 0 Å². The molecule has 2 fully saturated rings. The molecule has 1 aromatic carbocycles. The van der Waals surface area contributed by atoms with Gasteiger partial charge in [-0.25, -0.2) is 4.79 Å². The van der Waals surface area contributed by atoms with Gasteiger partial charge in [-0.2, -0.15) is 0 Å². The zero-order chi connectivity index (χ0) is 16.1. The number of likely N-dealkylation sites (tertiary alicyclic amines) is 1. The lowest BCUT2D eigenvalue weighted by molar-refractivity contribution is -0.122. The number of rotatable bonds is 4. The Labute approximate surface area is 136 Å². The van der Waals surface area contributed by atoms with Crippen molar-refractivity contribution in [3.05, 3.63) is 29.8 Å². The lowest BCUT2D eigenvalue weighted by Gasteiger charge is -2.16. The summed E-state index contributed by atoms with van der Waals surface area (Å²) in [6.07, 6.45) is 4.11. The molecule has 1 unspecified atom stereocenters.